The number of hydrogen-bond acceptors (Lipinski definition) is 8. The third kappa shape index (κ3) is 3.60. The van der Waals surface area contributed by atoms with E-state index in [1.807, 2.05) is 6.92 Å². The Kier molecular flexibility index (Phi) is 6.19. The summed E-state index contributed by atoms with van der Waals surface area (Å²) >= 11 is 0. The highest BCUT2D eigenvalue weighted by Crippen LogP contribution is 2.67. The van der Waals surface area contributed by atoms with E-state index >= 15 is 0 Å². The van der Waals surface area contributed by atoms with Gasteiger partial charge in [-0.3, -0.25) is 9.59 Å². The molecule has 9 nitrogen and oxygen atoms in total. The number of nitrogens with zero attached hydrogens (tertiary/aromatic N) is 2. The molecular weight excluding hydrogens is 438 g/mol. The first-order valence-corrected chi connectivity index (χ1v) is 12.1. The molecule has 0 aliphatic heterocycles. The summed E-state index contributed by atoms with van der Waals surface area (Å²) in [6.45, 7) is 3.46. The molecule has 0 unspecified atom stereocenters. The van der Waals surface area contributed by atoms with Gasteiger partial charge in [0, 0.05) is 18.9 Å². The van der Waals surface area contributed by atoms with Crippen molar-refractivity contribution in [3.8, 4) is 5.88 Å². The molecule has 1 heterocycles. The second-order valence-electron chi connectivity index (χ2n) is 11.1. The first-order chi connectivity index (χ1) is 15.9. The number of anilines is 1. The minimum atomic E-state index is -1.54. The van der Waals surface area contributed by atoms with Gasteiger partial charge in [0.05, 0.1) is 12.3 Å². The maximum Gasteiger partial charge on any atom is 0.230 e. The lowest BCUT2D eigenvalue weighted by molar-refractivity contribution is -0.182. The molecule has 3 saturated carbocycles. The highest BCUT2D eigenvalue weighted by molar-refractivity contribution is 5.91. The maximum atomic E-state index is 12.4. The van der Waals surface area contributed by atoms with Crippen LogP contribution < -0.4 is 5.73 Å². The molecule has 0 saturated heterocycles. The fourth-order valence-electron chi connectivity index (χ4n) is 7.75. The van der Waals surface area contributed by atoms with E-state index in [0.29, 0.717) is 25.2 Å². The van der Waals surface area contributed by atoms with Crippen molar-refractivity contribution in [2.24, 2.45) is 35.6 Å². The van der Waals surface area contributed by atoms with Crippen molar-refractivity contribution < 1.29 is 30.0 Å². The Labute approximate surface area is 199 Å². The Balaban J connectivity index is 0.000000291. The molecule has 7 atom stereocenters. The minimum Gasteiger partial charge on any atom is -0.492 e. The highest BCUT2D eigenvalue weighted by atomic mass is 16.3. The van der Waals surface area contributed by atoms with Crippen LogP contribution in [-0.2, 0) is 16.6 Å². The molecule has 5 rings (SSSR count). The molecule has 1 aromatic heterocycles. The summed E-state index contributed by atoms with van der Waals surface area (Å²) < 4.78 is 1.54. The van der Waals surface area contributed by atoms with Crippen molar-refractivity contribution in [1.82, 2.24) is 9.55 Å². The molecule has 0 bridgehead atoms. The molecule has 188 valence electrons. The number of aliphatic hydroxyl groups excluding tert-OH is 2. The third-order valence-corrected chi connectivity index (χ3v) is 9.55. The lowest BCUT2D eigenvalue weighted by atomic mass is 9.45. The number of nitrogens with two attached hydrogens (primary N) is 1. The minimum absolute atomic E-state index is 0.0370. The van der Waals surface area contributed by atoms with E-state index in [2.05, 4.69) is 11.9 Å². The number of aryl methyl sites for hydroxylation is 1. The zero-order valence-electron chi connectivity index (χ0n) is 20.2. The van der Waals surface area contributed by atoms with Gasteiger partial charge in [-0.25, -0.2) is 0 Å². The maximum absolute atomic E-state index is 12.4. The van der Waals surface area contributed by atoms with E-state index < -0.39 is 29.5 Å². The first-order valence-electron chi connectivity index (χ1n) is 12.1. The lowest BCUT2D eigenvalue weighted by Crippen LogP contribution is -2.62. The van der Waals surface area contributed by atoms with Crippen LogP contribution in [0.1, 0.15) is 58.8 Å². The van der Waals surface area contributed by atoms with E-state index in [9.17, 15) is 24.9 Å². The SMILES string of the molecule is C[C@]12CCC(=O)C=C1CC[C@@H]1[C@@H]2[C@@H](O)C[C@@]2(C)[C@H]1CC[C@]2(O)C(=O)CO.Cn1cc(O)nc1N. The summed E-state index contributed by atoms with van der Waals surface area (Å²) in [7, 11) is 1.71. The Morgan fingerprint density at radius 3 is 2.53 bits per heavy atom. The molecule has 0 radical (unpaired) electrons. The zero-order chi connectivity index (χ0) is 25.1. The number of nitrogen functional groups attached to an aromatic ring is 1. The molecule has 4 aliphatic rings. The zero-order valence-corrected chi connectivity index (χ0v) is 20.2. The predicted octanol–water partition coefficient (Wildman–Crippen LogP) is 1.49. The van der Waals surface area contributed by atoms with Crippen LogP contribution in [0.15, 0.2) is 17.8 Å². The molecule has 1 aromatic rings. The largest absolute Gasteiger partial charge is 0.492 e. The number of carbonyl (C=O) groups excluding carboxylic acids is 2. The van der Waals surface area contributed by atoms with E-state index in [4.69, 9.17) is 10.8 Å². The van der Waals surface area contributed by atoms with Crippen LogP contribution in [0.4, 0.5) is 5.95 Å². The average molecular weight is 476 g/mol. The first kappa shape index (κ1) is 24.9. The Bertz CT molecular complexity index is 1000. The van der Waals surface area contributed by atoms with Crippen LogP contribution in [-0.4, -0.2) is 59.9 Å². The number of carbonyl (C=O) groups is 2. The molecule has 0 amide bonds. The van der Waals surface area contributed by atoms with Gasteiger partial charge >= 0.3 is 0 Å². The van der Waals surface area contributed by atoms with Crippen LogP contribution in [0.5, 0.6) is 5.88 Å². The second kappa shape index (κ2) is 8.46. The monoisotopic (exact) mass is 475 g/mol. The smallest absolute Gasteiger partial charge is 0.230 e. The van der Waals surface area contributed by atoms with Gasteiger partial charge in [0.2, 0.25) is 11.8 Å². The number of ketones is 2. The number of aromatic hydroxyl groups is 1. The fraction of sp³-hybridized carbons (Fsp3) is 0.720. The van der Waals surface area contributed by atoms with Gasteiger partial charge in [-0.1, -0.05) is 19.4 Å². The molecule has 9 heteroatoms. The van der Waals surface area contributed by atoms with Crippen molar-refractivity contribution in [3.05, 3.63) is 17.8 Å². The van der Waals surface area contributed by atoms with Gasteiger partial charge in [0.25, 0.3) is 0 Å². The number of Topliss-reactive ketones (excluding diaryl/α,β-unsaturated/α-hetero) is 1. The van der Waals surface area contributed by atoms with Crippen molar-refractivity contribution in [2.45, 2.75) is 70.5 Å². The summed E-state index contributed by atoms with van der Waals surface area (Å²) in [5, 5.41) is 40.3. The number of hydrogen-bond donors (Lipinski definition) is 5. The average Bonchev–Trinajstić information content (AvgIpc) is 3.22. The van der Waals surface area contributed by atoms with Crippen molar-refractivity contribution in [3.63, 3.8) is 0 Å². The van der Waals surface area contributed by atoms with E-state index in [-0.39, 0.29) is 34.8 Å². The number of fused-ring (bicyclic) bond motifs is 5. The molecular formula is C25H37N3O6. The number of aromatic nitrogens is 2. The van der Waals surface area contributed by atoms with Gasteiger partial charge < -0.3 is 30.7 Å². The molecule has 3 fully saturated rings. The number of allylic oxidation sites excluding steroid dienone is 1. The topological polar surface area (TPSA) is 159 Å². The fourth-order valence-corrected chi connectivity index (χ4v) is 7.75. The molecule has 0 aromatic carbocycles. The van der Waals surface area contributed by atoms with Crippen molar-refractivity contribution >= 4 is 17.5 Å². The number of rotatable bonds is 2. The highest BCUT2D eigenvalue weighted by Gasteiger charge is 2.68. The quantitative estimate of drug-likeness (QED) is 0.430. The lowest BCUT2D eigenvalue weighted by Gasteiger charge is -2.60. The van der Waals surface area contributed by atoms with Gasteiger partial charge in [-0.15, -0.1) is 0 Å². The standard InChI is InChI=1S/C21H30O5.C4H7N3O/c1-19-7-5-13(23)9-12(19)3-4-14-15-6-8-21(26,17(25)11-22)20(15,2)10-16(24)18(14)19;1-7-2-3(8)6-4(7)5/h9,14-16,18,22,24,26H,3-8,10-11H2,1-2H3;2,8H,1H3,(H2,5,6)/t14-,15-,16-,18+,19-,20-,21-;/m0./s1. The number of imidazole rings is 1. The van der Waals surface area contributed by atoms with Crippen LogP contribution >= 0.6 is 0 Å². The third-order valence-electron chi connectivity index (χ3n) is 9.55. The Hall–Kier alpha value is -2.23. The summed E-state index contributed by atoms with van der Waals surface area (Å²) in [5.74, 6) is 0.425. The van der Waals surface area contributed by atoms with Crippen LogP contribution in [0, 0.1) is 28.6 Å². The van der Waals surface area contributed by atoms with Crippen molar-refractivity contribution in [2.75, 3.05) is 12.3 Å². The van der Waals surface area contributed by atoms with E-state index in [1.165, 1.54) is 16.3 Å². The van der Waals surface area contributed by atoms with Crippen LogP contribution in [0.3, 0.4) is 0 Å². The number of aliphatic hydroxyl groups is 3. The van der Waals surface area contributed by atoms with Crippen LogP contribution in [0.2, 0.25) is 0 Å². The Morgan fingerprint density at radius 1 is 1.26 bits per heavy atom. The van der Waals surface area contributed by atoms with Gasteiger partial charge in [0.1, 0.15) is 12.2 Å². The van der Waals surface area contributed by atoms with Gasteiger partial charge in [-0.05, 0) is 67.8 Å². The summed E-state index contributed by atoms with van der Waals surface area (Å²) in [6.07, 6.45) is 7.17. The molecule has 34 heavy (non-hydrogen) atoms. The van der Waals surface area contributed by atoms with Crippen molar-refractivity contribution in [1.29, 1.82) is 0 Å². The normalized spacial score (nSPS) is 40.9. The second-order valence-corrected chi connectivity index (χ2v) is 11.1. The molecule has 0 spiro atoms. The van der Waals surface area contributed by atoms with Gasteiger partial charge in [0.15, 0.2) is 11.6 Å². The molecule has 4 aliphatic carbocycles. The van der Waals surface area contributed by atoms with E-state index in [0.717, 1.165) is 25.7 Å². The predicted molar refractivity (Wildman–Crippen MR) is 124 cm³/mol. The van der Waals surface area contributed by atoms with Crippen LogP contribution in [0.25, 0.3) is 0 Å². The summed E-state index contributed by atoms with van der Waals surface area (Å²) in [5.41, 5.74) is 4.00. The molecule has 6 N–H and O–H groups in total. The van der Waals surface area contributed by atoms with Gasteiger partial charge in [-0.2, -0.15) is 4.98 Å². The summed E-state index contributed by atoms with van der Waals surface area (Å²) in [6, 6.07) is 0. The van der Waals surface area contributed by atoms with E-state index in [1.54, 1.807) is 13.1 Å². The Morgan fingerprint density at radius 2 is 1.97 bits per heavy atom. The summed E-state index contributed by atoms with van der Waals surface area (Å²) in [4.78, 5) is 27.8.